The number of rotatable bonds is 10. The van der Waals surface area contributed by atoms with Crippen LogP contribution in [0.2, 0.25) is 0 Å². The molecule has 12 aromatic carbocycles. The van der Waals surface area contributed by atoms with Crippen LogP contribution in [0.4, 0.5) is 34.1 Å². The molecule has 0 atom stereocenters. The molecule has 0 spiro atoms. The first-order chi connectivity index (χ1) is 40.4. The average Bonchev–Trinajstić information content (AvgIpc) is 1.82. The first-order valence-corrected chi connectivity index (χ1v) is 30.2. The number of nitrogens with zero attached hydrogens (tertiary/aromatic N) is 4. The fourth-order valence-electron chi connectivity index (χ4n) is 15.1. The van der Waals surface area contributed by atoms with Crippen molar-refractivity contribution in [1.82, 2.24) is 9.13 Å². The smallest absolute Gasteiger partial charge is 0.0782 e. The first kappa shape index (κ1) is 48.8. The Morgan fingerprint density at radius 3 is 1.35 bits per heavy atom. The molecule has 0 unspecified atom stereocenters. The van der Waals surface area contributed by atoms with Crippen LogP contribution in [0.5, 0.6) is 0 Å². The lowest BCUT2D eigenvalue weighted by Gasteiger charge is -2.34. The van der Waals surface area contributed by atoms with Gasteiger partial charge in [-0.1, -0.05) is 167 Å². The summed E-state index contributed by atoms with van der Waals surface area (Å²) in [7, 11) is 0. The third kappa shape index (κ3) is 7.43. The van der Waals surface area contributed by atoms with E-state index in [0.717, 1.165) is 31.4 Å². The second-order valence-electron chi connectivity index (χ2n) is 24.0. The number of hydrogen-bond acceptors (Lipinski definition) is 2. The molecule has 14 aromatic rings. The van der Waals surface area contributed by atoms with E-state index in [1.807, 2.05) is 0 Å². The topological polar surface area (TPSA) is 16.3 Å². The fourth-order valence-corrected chi connectivity index (χ4v) is 15.1. The molecule has 0 aliphatic heterocycles. The summed E-state index contributed by atoms with van der Waals surface area (Å²) in [5.41, 5.74) is 23.2. The summed E-state index contributed by atoms with van der Waals surface area (Å²) < 4.78 is 5.00. The highest BCUT2D eigenvalue weighted by Gasteiger charge is 2.31. The lowest BCUT2D eigenvalue weighted by molar-refractivity contribution is 0.686. The zero-order valence-electron chi connectivity index (χ0n) is 47.4. The Morgan fingerprint density at radius 1 is 0.317 bits per heavy atom. The van der Waals surface area contributed by atoms with E-state index < -0.39 is 0 Å². The van der Waals surface area contributed by atoms with Gasteiger partial charge >= 0.3 is 0 Å². The Labute approximate surface area is 480 Å². The van der Waals surface area contributed by atoms with Crippen LogP contribution in [0.1, 0.15) is 98.6 Å². The molecule has 0 bridgehead atoms. The van der Waals surface area contributed by atoms with E-state index in [-0.39, 0.29) is 11.8 Å². The molecule has 2 aromatic heterocycles. The zero-order valence-corrected chi connectivity index (χ0v) is 47.4. The van der Waals surface area contributed by atoms with Crippen LogP contribution in [0, 0.1) is 0 Å². The highest BCUT2D eigenvalue weighted by Crippen LogP contribution is 2.54. The molecule has 2 heterocycles. The molecule has 2 aliphatic rings. The Bertz CT molecular complexity index is 4820. The van der Waals surface area contributed by atoms with Gasteiger partial charge in [-0.2, -0.15) is 0 Å². The van der Waals surface area contributed by atoms with Crippen molar-refractivity contribution in [3.63, 3.8) is 0 Å². The Kier molecular flexibility index (Phi) is 11.5. The van der Waals surface area contributed by atoms with Gasteiger partial charge in [-0.25, -0.2) is 0 Å². The SMILES string of the molecule is CC(C)c1cc(N(c2ccc3c4ccccc4n(-c4ccccc4)c3c2)c2cccc3c2CCCC3)c2ccc3c(C(C)C)cc(N(c4cccc5c4CCCC5)c4cccc5c6ccccc6n(-c6ccccc6)c45)c4ccc1c2c34. The maximum atomic E-state index is 2.70. The number of fused-ring (bicyclic) bond motifs is 8. The molecular weight excluding hydrogens is 993 g/mol. The first-order valence-electron chi connectivity index (χ1n) is 30.2. The predicted octanol–water partition coefficient (Wildman–Crippen LogP) is 21.7. The van der Waals surface area contributed by atoms with Crippen molar-refractivity contribution in [2.45, 2.75) is 90.9 Å². The van der Waals surface area contributed by atoms with Gasteiger partial charge in [0.2, 0.25) is 0 Å². The summed E-state index contributed by atoms with van der Waals surface area (Å²) in [5, 5.41) is 13.0. The van der Waals surface area contributed by atoms with Crippen molar-refractivity contribution in [3.05, 3.63) is 252 Å². The number of hydrogen-bond donors (Lipinski definition) is 0. The quantitative estimate of drug-likeness (QED) is 0.127. The van der Waals surface area contributed by atoms with E-state index in [1.165, 1.54) is 175 Å². The van der Waals surface area contributed by atoms with Crippen molar-refractivity contribution in [2.75, 3.05) is 9.80 Å². The van der Waals surface area contributed by atoms with Gasteiger partial charge in [-0.3, -0.25) is 0 Å². The summed E-state index contributed by atoms with van der Waals surface area (Å²) in [5.74, 6) is 0.507. The van der Waals surface area contributed by atoms with Crippen molar-refractivity contribution in [1.29, 1.82) is 0 Å². The molecule has 2 aliphatic carbocycles. The summed E-state index contributed by atoms with van der Waals surface area (Å²) in [4.78, 5) is 5.38. The van der Waals surface area contributed by atoms with Gasteiger partial charge < -0.3 is 18.9 Å². The standard InChI is InChI=1S/C78H66N4/c1-49(2)66-47-74(80(68-37-19-24-51-22-11-13-30-56(51)68)55-40-41-60-58-32-15-17-35-70(58)79(73(60)46-55)53-26-7-5-8-27-53)64-44-42-62-67(50(3)4)48-75(65-45-43-61(66)76(64)77(62)65)82(69-38-20-25-52-23-12-14-31-57(52)69)72-39-21-34-63-59-33-16-18-36-71(59)81(78(63)72)54-28-9-6-10-29-54/h5-10,15-21,24-29,32-50H,11-14,22-23,30-31H2,1-4H3. The van der Waals surface area contributed by atoms with Crippen molar-refractivity contribution >= 4 is 110 Å². The molecule has 4 nitrogen and oxygen atoms in total. The second-order valence-corrected chi connectivity index (χ2v) is 24.0. The molecule has 0 fully saturated rings. The zero-order chi connectivity index (χ0) is 54.7. The molecule has 16 rings (SSSR count). The Balaban J connectivity index is 1.03. The van der Waals surface area contributed by atoms with Gasteiger partial charge in [0.25, 0.3) is 0 Å². The third-order valence-corrected chi connectivity index (χ3v) is 18.7. The van der Waals surface area contributed by atoms with Crippen LogP contribution < -0.4 is 9.80 Å². The lowest BCUT2D eigenvalue weighted by Crippen LogP contribution is -2.17. The van der Waals surface area contributed by atoms with Gasteiger partial charge in [0.05, 0.1) is 39.1 Å². The van der Waals surface area contributed by atoms with Crippen LogP contribution in [-0.4, -0.2) is 9.13 Å². The molecule has 0 saturated carbocycles. The van der Waals surface area contributed by atoms with E-state index in [4.69, 9.17) is 0 Å². The van der Waals surface area contributed by atoms with Crippen LogP contribution >= 0.6 is 0 Å². The molecule has 82 heavy (non-hydrogen) atoms. The normalized spacial score (nSPS) is 13.7. The van der Waals surface area contributed by atoms with Crippen molar-refractivity contribution < 1.29 is 0 Å². The maximum absolute atomic E-state index is 2.70. The molecular formula is C78H66N4. The van der Waals surface area contributed by atoms with Gasteiger partial charge in [-0.15, -0.1) is 0 Å². The van der Waals surface area contributed by atoms with Crippen molar-refractivity contribution in [3.8, 4) is 11.4 Å². The predicted molar refractivity (Wildman–Crippen MR) is 350 cm³/mol. The summed E-state index contributed by atoms with van der Waals surface area (Å²) in [6.45, 7) is 9.59. The largest absolute Gasteiger partial charge is 0.309 e. The number of aryl methyl sites for hydroxylation is 2. The van der Waals surface area contributed by atoms with E-state index in [1.54, 1.807) is 0 Å². The van der Waals surface area contributed by atoms with Crippen LogP contribution in [0.3, 0.4) is 0 Å². The van der Waals surface area contributed by atoms with Gasteiger partial charge in [0, 0.05) is 60.8 Å². The second kappa shape index (κ2) is 19.3. The number of para-hydroxylation sites is 5. The van der Waals surface area contributed by atoms with E-state index >= 15 is 0 Å². The highest BCUT2D eigenvalue weighted by atomic mass is 15.2. The number of anilines is 6. The average molecular weight is 1060 g/mol. The van der Waals surface area contributed by atoms with Gasteiger partial charge in [0.1, 0.15) is 0 Å². The molecule has 0 saturated heterocycles. The number of aromatic nitrogens is 2. The minimum atomic E-state index is 0.251. The minimum Gasteiger partial charge on any atom is -0.309 e. The molecule has 0 amide bonds. The Hall–Kier alpha value is -9.12. The summed E-state index contributed by atoms with van der Waals surface area (Å²) in [6.07, 6.45) is 9.15. The van der Waals surface area contributed by atoms with Gasteiger partial charge in [-0.05, 0) is 197 Å². The maximum Gasteiger partial charge on any atom is 0.0782 e. The Morgan fingerprint density at radius 2 is 0.756 bits per heavy atom. The third-order valence-electron chi connectivity index (χ3n) is 18.7. The van der Waals surface area contributed by atoms with E-state index in [0.29, 0.717) is 0 Å². The van der Waals surface area contributed by atoms with Crippen LogP contribution in [-0.2, 0) is 25.7 Å². The fraction of sp³-hybridized carbons (Fsp3) is 0.179. The van der Waals surface area contributed by atoms with Crippen LogP contribution in [0.15, 0.2) is 218 Å². The van der Waals surface area contributed by atoms with Crippen LogP contribution in [0.25, 0.3) is 87.3 Å². The van der Waals surface area contributed by atoms with E-state index in [9.17, 15) is 0 Å². The highest BCUT2D eigenvalue weighted by molar-refractivity contribution is 6.30. The molecule has 4 heteroatoms. The van der Waals surface area contributed by atoms with Gasteiger partial charge in [0.15, 0.2) is 0 Å². The summed E-state index contributed by atoms with van der Waals surface area (Å²) in [6, 6.07) is 83.6. The number of benzene rings is 12. The summed E-state index contributed by atoms with van der Waals surface area (Å²) >= 11 is 0. The van der Waals surface area contributed by atoms with E-state index in [2.05, 4.69) is 265 Å². The van der Waals surface area contributed by atoms with Crippen molar-refractivity contribution in [2.24, 2.45) is 0 Å². The molecule has 0 N–H and O–H groups in total. The molecule has 0 radical (unpaired) electrons. The molecule has 398 valence electrons. The lowest BCUT2D eigenvalue weighted by atomic mass is 9.83. The monoisotopic (exact) mass is 1060 g/mol. The minimum absolute atomic E-state index is 0.251.